The molecule has 0 saturated carbocycles. The minimum absolute atomic E-state index is 0.126. The van der Waals surface area contributed by atoms with Gasteiger partial charge < -0.3 is 25.7 Å². The molecule has 6 nitrogen and oxygen atoms in total. The summed E-state index contributed by atoms with van der Waals surface area (Å²) in [6.45, 7) is 7.31. The van der Waals surface area contributed by atoms with E-state index in [1.165, 1.54) is 0 Å². The van der Waals surface area contributed by atoms with E-state index in [1.807, 2.05) is 0 Å². The highest BCUT2D eigenvalue weighted by Crippen LogP contribution is 2.07. The van der Waals surface area contributed by atoms with Crippen LogP contribution in [0.25, 0.3) is 0 Å². The number of hydrogen-bond donors (Lipinski definition) is 2. The molecule has 0 saturated heterocycles. The first-order chi connectivity index (χ1) is 7.87. The van der Waals surface area contributed by atoms with Gasteiger partial charge in [0.05, 0.1) is 26.4 Å². The van der Waals surface area contributed by atoms with Crippen molar-refractivity contribution in [3.05, 3.63) is 0 Å². The normalized spacial score (nSPS) is 13.5. The summed E-state index contributed by atoms with van der Waals surface area (Å²) in [5.74, 6) is -0.458. The van der Waals surface area contributed by atoms with Crippen LogP contribution in [0.5, 0.6) is 0 Å². The molecule has 0 amide bonds. The van der Waals surface area contributed by atoms with Crippen molar-refractivity contribution in [3.63, 3.8) is 0 Å². The molecule has 0 spiro atoms. The van der Waals surface area contributed by atoms with E-state index in [-0.39, 0.29) is 6.61 Å². The van der Waals surface area contributed by atoms with Gasteiger partial charge >= 0.3 is 5.97 Å². The fourth-order valence-corrected chi connectivity index (χ4v) is 0.959. The summed E-state index contributed by atoms with van der Waals surface area (Å²) in [5, 5.41) is 0. The lowest BCUT2D eigenvalue weighted by molar-refractivity contribution is -0.158. The molecule has 0 aromatic heterocycles. The minimum atomic E-state index is -0.760. The molecule has 1 unspecified atom stereocenters. The third-order valence-electron chi connectivity index (χ3n) is 1.64. The first-order valence-corrected chi connectivity index (χ1v) is 5.71. The Balaban J connectivity index is 3.58. The predicted octanol–water partition coefficient (Wildman–Crippen LogP) is -0.353. The first-order valence-electron chi connectivity index (χ1n) is 5.71. The largest absolute Gasteiger partial charge is 0.459 e. The monoisotopic (exact) mass is 248 g/mol. The van der Waals surface area contributed by atoms with Gasteiger partial charge in [-0.05, 0) is 20.8 Å². The van der Waals surface area contributed by atoms with Gasteiger partial charge in [0.15, 0.2) is 0 Å². The Morgan fingerprint density at radius 1 is 1.18 bits per heavy atom. The van der Waals surface area contributed by atoms with Gasteiger partial charge in [0, 0.05) is 6.54 Å². The Morgan fingerprint density at radius 2 is 1.76 bits per heavy atom. The lowest BCUT2D eigenvalue weighted by atomic mass is 10.2. The van der Waals surface area contributed by atoms with E-state index in [4.69, 9.17) is 25.7 Å². The van der Waals surface area contributed by atoms with Gasteiger partial charge in [0.2, 0.25) is 0 Å². The summed E-state index contributed by atoms with van der Waals surface area (Å²) in [7, 11) is 0. The van der Waals surface area contributed by atoms with Crippen molar-refractivity contribution in [2.75, 3.05) is 33.0 Å². The van der Waals surface area contributed by atoms with E-state index in [2.05, 4.69) is 0 Å². The Morgan fingerprint density at radius 3 is 2.29 bits per heavy atom. The zero-order valence-electron chi connectivity index (χ0n) is 10.9. The molecule has 0 aliphatic heterocycles. The molecular weight excluding hydrogens is 224 g/mol. The zero-order chi connectivity index (χ0) is 13.3. The number of carbonyl (C=O) groups excluding carboxylic acids is 1. The number of hydrogen-bond acceptors (Lipinski definition) is 6. The summed E-state index contributed by atoms with van der Waals surface area (Å²) < 4.78 is 15.4. The van der Waals surface area contributed by atoms with Gasteiger partial charge in [0.25, 0.3) is 0 Å². The average Bonchev–Trinajstić information content (AvgIpc) is 2.20. The van der Waals surface area contributed by atoms with Gasteiger partial charge in [0.1, 0.15) is 11.6 Å². The van der Waals surface area contributed by atoms with E-state index < -0.39 is 17.6 Å². The summed E-state index contributed by atoms with van der Waals surface area (Å²) in [5.41, 5.74) is 10.3. The lowest BCUT2D eigenvalue weighted by Crippen LogP contribution is -2.40. The Hall–Kier alpha value is -0.690. The standard InChI is InChI=1S/C11H24N2O4/c1-11(2,3)17-10(14)9(13)8-16-7-6-15-5-4-12/h9H,4-8,12-13H2,1-3H3. The Labute approximate surface area is 103 Å². The zero-order valence-corrected chi connectivity index (χ0v) is 10.9. The van der Waals surface area contributed by atoms with Crippen LogP contribution < -0.4 is 11.5 Å². The molecule has 6 heteroatoms. The average molecular weight is 248 g/mol. The number of ether oxygens (including phenoxy) is 3. The second-order valence-corrected chi connectivity index (χ2v) is 4.62. The van der Waals surface area contributed by atoms with Crippen LogP contribution in [-0.2, 0) is 19.0 Å². The van der Waals surface area contributed by atoms with E-state index in [0.717, 1.165) is 0 Å². The highest BCUT2D eigenvalue weighted by molar-refractivity contribution is 5.76. The topological polar surface area (TPSA) is 96.8 Å². The third kappa shape index (κ3) is 10.2. The SMILES string of the molecule is CC(C)(C)OC(=O)C(N)COCCOCCN. The van der Waals surface area contributed by atoms with Gasteiger partial charge in [-0.1, -0.05) is 0 Å². The van der Waals surface area contributed by atoms with Crippen molar-refractivity contribution in [2.24, 2.45) is 11.5 Å². The highest BCUT2D eigenvalue weighted by Gasteiger charge is 2.21. The molecule has 0 heterocycles. The van der Waals surface area contributed by atoms with E-state index >= 15 is 0 Å². The maximum Gasteiger partial charge on any atom is 0.325 e. The smallest absolute Gasteiger partial charge is 0.325 e. The molecule has 1 atom stereocenters. The van der Waals surface area contributed by atoms with Gasteiger partial charge in [-0.3, -0.25) is 4.79 Å². The predicted molar refractivity (Wildman–Crippen MR) is 64.5 cm³/mol. The van der Waals surface area contributed by atoms with Crippen LogP contribution >= 0.6 is 0 Å². The summed E-state index contributed by atoms with van der Waals surface area (Å²) >= 11 is 0. The van der Waals surface area contributed by atoms with Crippen LogP contribution in [0, 0.1) is 0 Å². The van der Waals surface area contributed by atoms with Crippen molar-refractivity contribution < 1.29 is 19.0 Å². The molecule has 0 bridgehead atoms. The van der Waals surface area contributed by atoms with Crippen molar-refractivity contribution in [1.82, 2.24) is 0 Å². The summed E-state index contributed by atoms with van der Waals surface area (Å²) in [4.78, 5) is 11.4. The van der Waals surface area contributed by atoms with Crippen LogP contribution in [0.15, 0.2) is 0 Å². The lowest BCUT2D eigenvalue weighted by Gasteiger charge is -2.22. The molecule has 102 valence electrons. The van der Waals surface area contributed by atoms with Crippen molar-refractivity contribution in [2.45, 2.75) is 32.4 Å². The van der Waals surface area contributed by atoms with Gasteiger partial charge in [-0.15, -0.1) is 0 Å². The fraction of sp³-hybridized carbons (Fsp3) is 0.909. The Kier molecular flexibility index (Phi) is 8.07. The molecule has 0 aliphatic rings. The second kappa shape index (κ2) is 8.41. The molecule has 0 radical (unpaired) electrons. The molecular formula is C11H24N2O4. The quantitative estimate of drug-likeness (QED) is 0.450. The van der Waals surface area contributed by atoms with Gasteiger partial charge in [-0.25, -0.2) is 0 Å². The molecule has 4 N–H and O–H groups in total. The second-order valence-electron chi connectivity index (χ2n) is 4.62. The number of nitrogens with two attached hydrogens (primary N) is 2. The minimum Gasteiger partial charge on any atom is -0.459 e. The highest BCUT2D eigenvalue weighted by atomic mass is 16.6. The maximum absolute atomic E-state index is 11.4. The van der Waals surface area contributed by atoms with Crippen molar-refractivity contribution >= 4 is 5.97 Å². The van der Waals surface area contributed by atoms with Crippen molar-refractivity contribution in [1.29, 1.82) is 0 Å². The van der Waals surface area contributed by atoms with Crippen LogP contribution in [0.2, 0.25) is 0 Å². The van der Waals surface area contributed by atoms with Crippen LogP contribution in [0.4, 0.5) is 0 Å². The maximum atomic E-state index is 11.4. The van der Waals surface area contributed by atoms with Crippen LogP contribution in [-0.4, -0.2) is 50.6 Å². The summed E-state index contributed by atoms with van der Waals surface area (Å²) in [6.07, 6.45) is 0. The van der Waals surface area contributed by atoms with Crippen LogP contribution in [0.3, 0.4) is 0 Å². The van der Waals surface area contributed by atoms with Crippen LogP contribution in [0.1, 0.15) is 20.8 Å². The fourth-order valence-electron chi connectivity index (χ4n) is 0.959. The van der Waals surface area contributed by atoms with Gasteiger partial charge in [-0.2, -0.15) is 0 Å². The number of carbonyl (C=O) groups is 1. The molecule has 0 fully saturated rings. The summed E-state index contributed by atoms with van der Waals surface area (Å²) in [6, 6.07) is -0.760. The molecule has 0 aromatic rings. The van der Waals surface area contributed by atoms with E-state index in [0.29, 0.717) is 26.4 Å². The molecule has 0 rings (SSSR count). The Bertz CT molecular complexity index is 216. The van der Waals surface area contributed by atoms with E-state index in [9.17, 15) is 4.79 Å². The number of rotatable bonds is 8. The molecule has 17 heavy (non-hydrogen) atoms. The number of esters is 1. The molecule has 0 aliphatic carbocycles. The van der Waals surface area contributed by atoms with Crippen molar-refractivity contribution in [3.8, 4) is 0 Å². The third-order valence-corrected chi connectivity index (χ3v) is 1.64. The van der Waals surface area contributed by atoms with E-state index in [1.54, 1.807) is 20.8 Å². The molecule has 0 aromatic carbocycles. The first kappa shape index (κ1) is 16.3.